The van der Waals surface area contributed by atoms with E-state index in [-0.39, 0.29) is 0 Å². The number of hydrogen-bond acceptors (Lipinski definition) is 2. The number of methoxy groups -OCH3 is 1. The van der Waals surface area contributed by atoms with Crippen molar-refractivity contribution in [1.82, 2.24) is 10.2 Å². The minimum atomic E-state index is 0.599. The van der Waals surface area contributed by atoms with Crippen molar-refractivity contribution in [3.8, 4) is 5.88 Å². The van der Waals surface area contributed by atoms with E-state index in [0.29, 0.717) is 10.9 Å². The van der Waals surface area contributed by atoms with E-state index >= 15 is 0 Å². The maximum Gasteiger partial charge on any atom is 0.240 e. The normalized spacial score (nSPS) is 10.5. The van der Waals surface area contributed by atoms with Gasteiger partial charge in [0.05, 0.1) is 18.0 Å². The molecule has 12 heavy (non-hydrogen) atoms. The Kier molecular flexibility index (Phi) is 1.66. The van der Waals surface area contributed by atoms with Crippen LogP contribution in [0, 0.1) is 0 Å². The third-order valence-electron chi connectivity index (χ3n) is 1.68. The van der Waals surface area contributed by atoms with Crippen LogP contribution in [-0.4, -0.2) is 17.3 Å². The lowest BCUT2D eigenvalue weighted by Crippen LogP contribution is -1.81. The highest BCUT2D eigenvalue weighted by molar-refractivity contribution is 6.31. The second-order valence-corrected chi connectivity index (χ2v) is 2.86. The molecule has 0 fully saturated rings. The molecule has 0 aliphatic heterocycles. The molecular formula is C8H7ClN2O. The smallest absolute Gasteiger partial charge is 0.240 e. The number of fused-ring (bicyclic) bond motifs is 1. The van der Waals surface area contributed by atoms with Gasteiger partial charge in [-0.25, -0.2) is 0 Å². The fourth-order valence-corrected chi connectivity index (χ4v) is 1.29. The van der Waals surface area contributed by atoms with Crippen LogP contribution in [0.3, 0.4) is 0 Å². The van der Waals surface area contributed by atoms with E-state index in [1.807, 2.05) is 18.2 Å². The summed E-state index contributed by atoms with van der Waals surface area (Å²) < 4.78 is 5.02. The molecule has 2 rings (SSSR count). The minimum absolute atomic E-state index is 0.599. The molecule has 0 aliphatic carbocycles. The molecule has 1 heterocycles. The highest BCUT2D eigenvalue weighted by Gasteiger charge is 2.04. The monoisotopic (exact) mass is 182 g/mol. The predicted octanol–water partition coefficient (Wildman–Crippen LogP) is 2.22. The largest absolute Gasteiger partial charge is 0.480 e. The van der Waals surface area contributed by atoms with E-state index in [1.165, 1.54) is 0 Å². The molecule has 0 unspecified atom stereocenters. The standard InChI is InChI=1S/C8H7ClN2O/c1-12-8-6-3-2-5(9)4-7(6)10-11-8/h2-4H,1H3,(H,10,11). The summed E-state index contributed by atoms with van der Waals surface area (Å²) in [5, 5.41) is 8.40. The van der Waals surface area contributed by atoms with Gasteiger partial charge in [-0.1, -0.05) is 11.6 Å². The van der Waals surface area contributed by atoms with Gasteiger partial charge in [0.1, 0.15) is 0 Å². The summed E-state index contributed by atoms with van der Waals surface area (Å²) in [5.74, 6) is 0.599. The molecule has 0 aliphatic rings. The Bertz CT molecular complexity index is 410. The number of nitrogens with one attached hydrogen (secondary N) is 1. The molecule has 1 aromatic carbocycles. The van der Waals surface area contributed by atoms with Gasteiger partial charge in [-0.05, 0) is 18.2 Å². The summed E-state index contributed by atoms with van der Waals surface area (Å²) in [6.07, 6.45) is 0. The van der Waals surface area contributed by atoms with Crippen molar-refractivity contribution in [3.05, 3.63) is 23.2 Å². The molecule has 0 saturated carbocycles. The zero-order chi connectivity index (χ0) is 8.55. The number of aromatic nitrogens is 2. The lowest BCUT2D eigenvalue weighted by molar-refractivity contribution is 0.401. The molecule has 0 radical (unpaired) electrons. The zero-order valence-electron chi connectivity index (χ0n) is 6.47. The molecule has 0 amide bonds. The number of aromatic amines is 1. The van der Waals surface area contributed by atoms with Crippen molar-refractivity contribution in [1.29, 1.82) is 0 Å². The van der Waals surface area contributed by atoms with Gasteiger partial charge in [-0.3, -0.25) is 5.10 Å². The second-order valence-electron chi connectivity index (χ2n) is 2.42. The fraction of sp³-hybridized carbons (Fsp3) is 0.125. The quantitative estimate of drug-likeness (QED) is 0.735. The molecule has 1 aromatic heterocycles. The molecule has 0 bridgehead atoms. The van der Waals surface area contributed by atoms with Gasteiger partial charge in [-0.2, -0.15) is 0 Å². The summed E-state index contributed by atoms with van der Waals surface area (Å²) >= 11 is 5.78. The fourth-order valence-electron chi connectivity index (χ4n) is 1.12. The van der Waals surface area contributed by atoms with Crippen LogP contribution >= 0.6 is 11.6 Å². The van der Waals surface area contributed by atoms with Crippen LogP contribution in [-0.2, 0) is 0 Å². The lowest BCUT2D eigenvalue weighted by Gasteiger charge is -1.93. The molecule has 2 aromatic rings. The maximum atomic E-state index is 5.78. The van der Waals surface area contributed by atoms with Gasteiger partial charge in [0.15, 0.2) is 0 Å². The Balaban J connectivity index is 2.73. The van der Waals surface area contributed by atoms with Crippen LogP contribution in [0.25, 0.3) is 10.9 Å². The van der Waals surface area contributed by atoms with Crippen molar-refractivity contribution >= 4 is 22.5 Å². The van der Waals surface area contributed by atoms with E-state index in [1.54, 1.807) is 7.11 Å². The number of halogens is 1. The summed E-state index contributed by atoms with van der Waals surface area (Å²) in [4.78, 5) is 0. The Morgan fingerprint density at radius 1 is 1.50 bits per heavy atom. The molecule has 3 nitrogen and oxygen atoms in total. The van der Waals surface area contributed by atoms with E-state index in [2.05, 4.69) is 10.2 Å². The number of nitrogens with zero attached hydrogens (tertiary/aromatic N) is 1. The maximum absolute atomic E-state index is 5.78. The van der Waals surface area contributed by atoms with Crippen LogP contribution in [0.4, 0.5) is 0 Å². The third-order valence-corrected chi connectivity index (χ3v) is 1.92. The average molecular weight is 183 g/mol. The van der Waals surface area contributed by atoms with Gasteiger partial charge < -0.3 is 4.74 Å². The van der Waals surface area contributed by atoms with Crippen molar-refractivity contribution in [3.63, 3.8) is 0 Å². The zero-order valence-corrected chi connectivity index (χ0v) is 7.22. The number of hydrogen-bond donors (Lipinski definition) is 1. The molecule has 0 atom stereocenters. The summed E-state index contributed by atoms with van der Waals surface area (Å²) in [6, 6.07) is 5.49. The van der Waals surface area contributed by atoms with E-state index in [9.17, 15) is 0 Å². The minimum Gasteiger partial charge on any atom is -0.480 e. The van der Waals surface area contributed by atoms with Gasteiger partial charge in [-0.15, -0.1) is 5.10 Å². The summed E-state index contributed by atoms with van der Waals surface area (Å²) in [5.41, 5.74) is 0.888. The Morgan fingerprint density at radius 2 is 2.33 bits per heavy atom. The Hall–Kier alpha value is -1.22. The van der Waals surface area contributed by atoms with Crippen LogP contribution in [0.2, 0.25) is 5.02 Å². The molecule has 4 heteroatoms. The number of H-pyrrole nitrogens is 1. The van der Waals surface area contributed by atoms with Crippen LogP contribution in [0.15, 0.2) is 18.2 Å². The first-order valence-electron chi connectivity index (χ1n) is 3.49. The Morgan fingerprint density at radius 3 is 3.08 bits per heavy atom. The van der Waals surface area contributed by atoms with Gasteiger partial charge in [0.2, 0.25) is 5.88 Å². The van der Waals surface area contributed by atoms with Crippen LogP contribution in [0.1, 0.15) is 0 Å². The highest BCUT2D eigenvalue weighted by Crippen LogP contribution is 2.24. The highest BCUT2D eigenvalue weighted by atomic mass is 35.5. The number of rotatable bonds is 1. The van der Waals surface area contributed by atoms with Crippen LogP contribution < -0.4 is 4.74 Å². The van der Waals surface area contributed by atoms with E-state index < -0.39 is 0 Å². The topological polar surface area (TPSA) is 37.9 Å². The first-order chi connectivity index (χ1) is 5.81. The first kappa shape index (κ1) is 7.43. The molecular weight excluding hydrogens is 176 g/mol. The molecule has 0 saturated heterocycles. The number of ether oxygens (including phenoxy) is 1. The average Bonchev–Trinajstić information content (AvgIpc) is 2.46. The molecule has 1 N–H and O–H groups in total. The van der Waals surface area contributed by atoms with Crippen molar-refractivity contribution in [2.45, 2.75) is 0 Å². The molecule has 62 valence electrons. The van der Waals surface area contributed by atoms with Crippen molar-refractivity contribution in [2.75, 3.05) is 7.11 Å². The third kappa shape index (κ3) is 1.02. The van der Waals surface area contributed by atoms with Crippen LogP contribution in [0.5, 0.6) is 5.88 Å². The summed E-state index contributed by atoms with van der Waals surface area (Å²) in [6.45, 7) is 0. The number of benzene rings is 1. The van der Waals surface area contributed by atoms with Gasteiger partial charge >= 0.3 is 0 Å². The summed E-state index contributed by atoms with van der Waals surface area (Å²) in [7, 11) is 1.59. The van der Waals surface area contributed by atoms with Gasteiger partial charge in [0, 0.05) is 5.02 Å². The van der Waals surface area contributed by atoms with E-state index in [0.717, 1.165) is 10.9 Å². The molecule has 0 spiro atoms. The van der Waals surface area contributed by atoms with E-state index in [4.69, 9.17) is 16.3 Å². The van der Waals surface area contributed by atoms with Gasteiger partial charge in [0.25, 0.3) is 0 Å². The first-order valence-corrected chi connectivity index (χ1v) is 3.86. The lowest BCUT2D eigenvalue weighted by atomic mass is 10.2. The Labute approximate surface area is 74.3 Å². The predicted molar refractivity (Wildman–Crippen MR) is 47.7 cm³/mol. The van der Waals surface area contributed by atoms with Crippen molar-refractivity contribution in [2.24, 2.45) is 0 Å². The second kappa shape index (κ2) is 2.68. The SMILES string of the molecule is COc1n[nH]c2cc(Cl)ccc12. The van der Waals surface area contributed by atoms with Crippen molar-refractivity contribution < 1.29 is 4.74 Å².